The quantitative estimate of drug-likeness (QED) is 0.830. The number of fused-ring (bicyclic) bond motifs is 1. The molecule has 0 fully saturated rings. The van der Waals surface area contributed by atoms with Crippen molar-refractivity contribution in [3.05, 3.63) is 48.0 Å². The van der Waals surface area contributed by atoms with Gasteiger partial charge in [-0.2, -0.15) is 0 Å². The van der Waals surface area contributed by atoms with Crippen LogP contribution in [-0.2, 0) is 0 Å². The van der Waals surface area contributed by atoms with Crippen molar-refractivity contribution in [2.75, 3.05) is 13.1 Å². The Morgan fingerprint density at radius 3 is 2.53 bits per heavy atom. The number of aliphatic hydroxyl groups is 1. The van der Waals surface area contributed by atoms with Crippen molar-refractivity contribution >= 4 is 10.8 Å². The van der Waals surface area contributed by atoms with E-state index in [9.17, 15) is 5.11 Å². The van der Waals surface area contributed by atoms with Crippen molar-refractivity contribution in [2.45, 2.75) is 26.4 Å². The Balaban J connectivity index is 1.99. The summed E-state index contributed by atoms with van der Waals surface area (Å²) < 4.78 is 0. The van der Waals surface area contributed by atoms with Crippen LogP contribution in [0, 0.1) is 5.92 Å². The van der Waals surface area contributed by atoms with Crippen LogP contribution in [-0.4, -0.2) is 18.2 Å². The summed E-state index contributed by atoms with van der Waals surface area (Å²) in [6.45, 7) is 5.98. The van der Waals surface area contributed by atoms with Gasteiger partial charge in [-0.25, -0.2) is 0 Å². The van der Waals surface area contributed by atoms with Gasteiger partial charge in [0.1, 0.15) is 0 Å². The number of benzene rings is 2. The predicted molar refractivity (Wildman–Crippen MR) is 81.2 cm³/mol. The lowest BCUT2D eigenvalue weighted by Crippen LogP contribution is -2.26. The molecule has 0 saturated carbocycles. The minimum atomic E-state index is -0.436. The first kappa shape index (κ1) is 14.0. The minimum absolute atomic E-state index is 0.436. The molecule has 2 aromatic carbocycles. The molecule has 102 valence electrons. The summed E-state index contributed by atoms with van der Waals surface area (Å²) in [5.74, 6) is 0.656. The van der Waals surface area contributed by atoms with E-state index in [1.807, 2.05) is 18.2 Å². The molecule has 0 aliphatic rings. The highest BCUT2D eigenvalue weighted by atomic mass is 16.3. The van der Waals surface area contributed by atoms with E-state index < -0.39 is 6.10 Å². The average molecular weight is 257 g/mol. The summed E-state index contributed by atoms with van der Waals surface area (Å²) in [7, 11) is 0. The molecule has 0 spiro atoms. The molecule has 0 aliphatic heterocycles. The van der Waals surface area contributed by atoms with Crippen LogP contribution in [0.4, 0.5) is 0 Å². The SMILES string of the molecule is CCC(C)CNCC(O)c1ccc2ccccc2c1. The largest absolute Gasteiger partial charge is 0.387 e. The lowest BCUT2D eigenvalue weighted by atomic mass is 10.0. The summed E-state index contributed by atoms with van der Waals surface area (Å²) in [6, 6.07) is 14.4. The lowest BCUT2D eigenvalue weighted by molar-refractivity contribution is 0.173. The highest BCUT2D eigenvalue weighted by Gasteiger charge is 2.08. The molecular weight excluding hydrogens is 234 g/mol. The molecule has 0 amide bonds. The van der Waals surface area contributed by atoms with Crippen molar-refractivity contribution in [2.24, 2.45) is 5.92 Å². The lowest BCUT2D eigenvalue weighted by Gasteiger charge is -2.15. The van der Waals surface area contributed by atoms with Crippen LogP contribution < -0.4 is 5.32 Å². The number of hydrogen-bond acceptors (Lipinski definition) is 2. The zero-order valence-electron chi connectivity index (χ0n) is 11.8. The van der Waals surface area contributed by atoms with Crippen LogP contribution in [0.2, 0.25) is 0 Å². The highest BCUT2D eigenvalue weighted by Crippen LogP contribution is 2.20. The van der Waals surface area contributed by atoms with Gasteiger partial charge in [-0.3, -0.25) is 0 Å². The fourth-order valence-corrected chi connectivity index (χ4v) is 2.14. The summed E-state index contributed by atoms with van der Waals surface area (Å²) in [4.78, 5) is 0. The number of aliphatic hydroxyl groups excluding tert-OH is 1. The minimum Gasteiger partial charge on any atom is -0.387 e. The van der Waals surface area contributed by atoms with E-state index in [1.54, 1.807) is 0 Å². The van der Waals surface area contributed by atoms with Gasteiger partial charge in [0.15, 0.2) is 0 Å². The molecule has 2 nitrogen and oxygen atoms in total. The van der Waals surface area contributed by atoms with Gasteiger partial charge in [-0.05, 0) is 34.9 Å². The van der Waals surface area contributed by atoms with Crippen molar-refractivity contribution in [1.82, 2.24) is 5.32 Å². The Morgan fingerprint density at radius 2 is 1.79 bits per heavy atom. The maximum atomic E-state index is 10.2. The zero-order valence-corrected chi connectivity index (χ0v) is 11.8. The Kier molecular flexibility index (Phi) is 4.94. The molecule has 2 atom stereocenters. The van der Waals surface area contributed by atoms with E-state index in [0.717, 1.165) is 12.1 Å². The molecule has 2 unspecified atom stereocenters. The maximum Gasteiger partial charge on any atom is 0.0914 e. The van der Waals surface area contributed by atoms with Gasteiger partial charge < -0.3 is 10.4 Å². The molecule has 0 radical (unpaired) electrons. The van der Waals surface area contributed by atoms with Crippen LogP contribution in [0.5, 0.6) is 0 Å². The summed E-state index contributed by atoms with van der Waals surface area (Å²) >= 11 is 0. The number of rotatable bonds is 6. The average Bonchev–Trinajstić information content (AvgIpc) is 2.46. The van der Waals surface area contributed by atoms with Crippen LogP contribution >= 0.6 is 0 Å². The molecule has 0 aromatic heterocycles. The van der Waals surface area contributed by atoms with Crippen molar-refractivity contribution in [3.8, 4) is 0 Å². The topological polar surface area (TPSA) is 32.3 Å². The van der Waals surface area contributed by atoms with E-state index in [4.69, 9.17) is 0 Å². The molecule has 0 bridgehead atoms. The molecular formula is C17H23NO. The van der Waals surface area contributed by atoms with Crippen LogP contribution in [0.3, 0.4) is 0 Å². The standard InChI is InChI=1S/C17H23NO/c1-3-13(2)11-18-12-17(19)16-9-8-14-6-4-5-7-15(14)10-16/h4-10,13,17-19H,3,11-12H2,1-2H3. The second kappa shape index (κ2) is 6.69. The Hall–Kier alpha value is -1.38. The van der Waals surface area contributed by atoms with E-state index in [1.165, 1.54) is 17.2 Å². The van der Waals surface area contributed by atoms with Gasteiger partial charge in [-0.15, -0.1) is 0 Å². The summed E-state index contributed by atoms with van der Waals surface area (Å²) in [5.41, 5.74) is 0.982. The molecule has 2 rings (SSSR count). The molecule has 0 aliphatic carbocycles. The smallest absolute Gasteiger partial charge is 0.0914 e. The third kappa shape index (κ3) is 3.79. The first-order valence-corrected chi connectivity index (χ1v) is 7.08. The fourth-order valence-electron chi connectivity index (χ4n) is 2.14. The van der Waals surface area contributed by atoms with Crippen LogP contribution in [0.1, 0.15) is 31.9 Å². The second-order valence-electron chi connectivity index (χ2n) is 5.29. The van der Waals surface area contributed by atoms with Gasteiger partial charge in [0.25, 0.3) is 0 Å². The van der Waals surface area contributed by atoms with Gasteiger partial charge in [-0.1, -0.05) is 56.7 Å². The third-order valence-corrected chi connectivity index (χ3v) is 3.69. The van der Waals surface area contributed by atoms with Crippen molar-refractivity contribution in [1.29, 1.82) is 0 Å². The molecule has 19 heavy (non-hydrogen) atoms. The highest BCUT2D eigenvalue weighted by molar-refractivity contribution is 5.83. The Morgan fingerprint density at radius 1 is 1.05 bits per heavy atom. The molecule has 2 aromatic rings. The summed E-state index contributed by atoms with van der Waals surface area (Å²) in [5, 5.41) is 15.9. The first-order chi connectivity index (χ1) is 9.20. The first-order valence-electron chi connectivity index (χ1n) is 7.08. The van der Waals surface area contributed by atoms with Gasteiger partial charge in [0.2, 0.25) is 0 Å². The Bertz CT molecular complexity index is 523. The number of hydrogen-bond donors (Lipinski definition) is 2. The maximum absolute atomic E-state index is 10.2. The predicted octanol–water partition coefficient (Wildman–Crippen LogP) is 3.51. The normalized spacial score (nSPS) is 14.5. The van der Waals surface area contributed by atoms with Gasteiger partial charge in [0, 0.05) is 6.54 Å². The van der Waals surface area contributed by atoms with E-state index in [-0.39, 0.29) is 0 Å². The van der Waals surface area contributed by atoms with Crippen LogP contribution in [0.15, 0.2) is 42.5 Å². The molecule has 2 N–H and O–H groups in total. The van der Waals surface area contributed by atoms with Crippen molar-refractivity contribution < 1.29 is 5.11 Å². The van der Waals surface area contributed by atoms with Gasteiger partial charge in [0.05, 0.1) is 6.10 Å². The molecule has 0 saturated heterocycles. The summed E-state index contributed by atoms with van der Waals surface area (Å²) in [6.07, 6.45) is 0.729. The monoisotopic (exact) mass is 257 g/mol. The van der Waals surface area contributed by atoms with Gasteiger partial charge >= 0.3 is 0 Å². The van der Waals surface area contributed by atoms with Crippen LogP contribution in [0.25, 0.3) is 10.8 Å². The van der Waals surface area contributed by atoms with E-state index in [0.29, 0.717) is 12.5 Å². The Labute approximate surface area is 115 Å². The third-order valence-electron chi connectivity index (χ3n) is 3.69. The molecule has 2 heteroatoms. The zero-order chi connectivity index (χ0) is 13.7. The fraction of sp³-hybridized carbons (Fsp3) is 0.412. The number of nitrogens with one attached hydrogen (secondary N) is 1. The van der Waals surface area contributed by atoms with E-state index >= 15 is 0 Å². The van der Waals surface area contributed by atoms with E-state index in [2.05, 4.69) is 43.4 Å². The second-order valence-corrected chi connectivity index (χ2v) is 5.29. The molecule has 0 heterocycles. The van der Waals surface area contributed by atoms with Crippen molar-refractivity contribution in [3.63, 3.8) is 0 Å².